The van der Waals surface area contributed by atoms with E-state index in [0.717, 1.165) is 16.9 Å². The van der Waals surface area contributed by atoms with Gasteiger partial charge in [-0.05, 0) is 23.8 Å². The molecule has 2 aromatic rings. The summed E-state index contributed by atoms with van der Waals surface area (Å²) in [7, 11) is -2.30. The van der Waals surface area contributed by atoms with Crippen LogP contribution in [-0.2, 0) is 16.6 Å². The van der Waals surface area contributed by atoms with Crippen LogP contribution in [0.4, 0.5) is 0 Å². The highest BCUT2D eigenvalue weighted by Gasteiger charge is 2.25. The molecule has 0 spiro atoms. The predicted octanol–water partition coefficient (Wildman–Crippen LogP) is 2.00. The van der Waals surface area contributed by atoms with Crippen molar-refractivity contribution < 1.29 is 27.8 Å². The molecular weight excluding hydrogens is 342 g/mol. The zero-order chi connectivity index (χ0) is 16.6. The Morgan fingerprint density at radius 2 is 2.04 bits per heavy atom. The third kappa shape index (κ3) is 3.03. The maximum Gasteiger partial charge on any atom is 0.336 e. The van der Waals surface area contributed by atoms with E-state index in [1.165, 1.54) is 22.8 Å². The molecule has 0 unspecified atom stereocenters. The maximum atomic E-state index is 12.5. The van der Waals surface area contributed by atoms with Gasteiger partial charge >= 0.3 is 5.97 Å². The summed E-state index contributed by atoms with van der Waals surface area (Å²) in [6.07, 6.45) is 0. The minimum absolute atomic E-state index is 0.00172. The lowest BCUT2D eigenvalue weighted by Gasteiger charge is -2.16. The summed E-state index contributed by atoms with van der Waals surface area (Å²) in [6, 6.07) is 6.38. The summed E-state index contributed by atoms with van der Waals surface area (Å²) in [4.78, 5) is 10.9. The number of thiophene rings is 1. The molecule has 1 aromatic heterocycles. The van der Waals surface area contributed by atoms with Crippen LogP contribution in [0.3, 0.4) is 0 Å². The molecule has 0 saturated carbocycles. The van der Waals surface area contributed by atoms with E-state index < -0.39 is 16.0 Å². The number of carboxylic acids is 1. The van der Waals surface area contributed by atoms with Crippen molar-refractivity contribution in [1.82, 2.24) is 4.31 Å². The van der Waals surface area contributed by atoms with Crippen LogP contribution >= 0.6 is 11.3 Å². The average Bonchev–Trinajstić information content (AvgIpc) is 3.16. The van der Waals surface area contributed by atoms with Crippen LogP contribution in [0.2, 0.25) is 0 Å². The first-order valence-electron chi connectivity index (χ1n) is 6.54. The molecule has 0 aliphatic carbocycles. The number of sulfonamides is 1. The molecule has 1 aliphatic heterocycles. The minimum atomic E-state index is -3.75. The zero-order valence-electron chi connectivity index (χ0n) is 12.1. The van der Waals surface area contributed by atoms with Crippen molar-refractivity contribution >= 4 is 27.3 Å². The summed E-state index contributed by atoms with van der Waals surface area (Å²) in [5.41, 5.74) is 0.709. The molecule has 1 aromatic carbocycles. The molecule has 3 rings (SSSR count). The Hall–Kier alpha value is -2.10. The predicted molar refractivity (Wildman–Crippen MR) is 82.5 cm³/mol. The Balaban J connectivity index is 1.81. The Morgan fingerprint density at radius 3 is 2.74 bits per heavy atom. The molecular formula is C14H13NO6S2. The number of carboxylic acid groups (broad SMARTS) is 1. The maximum absolute atomic E-state index is 12.5. The van der Waals surface area contributed by atoms with Gasteiger partial charge < -0.3 is 14.6 Å². The second-order valence-corrected chi connectivity index (χ2v) is 8.09. The summed E-state index contributed by atoms with van der Waals surface area (Å²) in [6.45, 7) is 0.291. The van der Waals surface area contributed by atoms with Crippen molar-refractivity contribution in [1.29, 1.82) is 0 Å². The standard InChI is InChI=1S/C14H13NO6S2/c1-15(6-9-2-3-11-12(4-9)21-8-20-11)23(18,19)13-5-10(7-22-13)14(16)17/h2-5,7H,6,8H2,1H3,(H,16,17). The van der Waals surface area contributed by atoms with Crippen LogP contribution in [0.5, 0.6) is 11.5 Å². The molecule has 122 valence electrons. The highest BCUT2D eigenvalue weighted by atomic mass is 32.2. The largest absolute Gasteiger partial charge is 0.478 e. The highest BCUT2D eigenvalue weighted by molar-refractivity contribution is 7.91. The smallest absolute Gasteiger partial charge is 0.336 e. The monoisotopic (exact) mass is 355 g/mol. The number of hydrogen-bond acceptors (Lipinski definition) is 6. The first-order valence-corrected chi connectivity index (χ1v) is 8.86. The van der Waals surface area contributed by atoms with Crippen LogP contribution in [0.25, 0.3) is 0 Å². The molecule has 9 heteroatoms. The Bertz CT molecular complexity index is 858. The molecule has 0 bridgehead atoms. The lowest BCUT2D eigenvalue weighted by Crippen LogP contribution is -2.25. The molecule has 1 N–H and O–H groups in total. The molecule has 2 heterocycles. The van der Waals surface area contributed by atoms with Gasteiger partial charge in [0.15, 0.2) is 11.5 Å². The van der Waals surface area contributed by atoms with Crippen LogP contribution in [0, 0.1) is 0 Å². The van der Waals surface area contributed by atoms with Crippen LogP contribution < -0.4 is 9.47 Å². The van der Waals surface area contributed by atoms with E-state index in [-0.39, 0.29) is 23.1 Å². The Labute approximate surface area is 136 Å². The van der Waals surface area contributed by atoms with Gasteiger partial charge in [-0.25, -0.2) is 13.2 Å². The second kappa shape index (κ2) is 5.84. The SMILES string of the molecule is CN(Cc1ccc2c(c1)OCO2)S(=O)(=O)c1cc(C(=O)O)cs1. The topological polar surface area (TPSA) is 93.1 Å². The first kappa shape index (κ1) is 15.8. The fourth-order valence-corrected chi connectivity index (χ4v) is 4.62. The molecule has 0 radical (unpaired) electrons. The second-order valence-electron chi connectivity index (χ2n) is 4.91. The van der Waals surface area contributed by atoms with Gasteiger partial charge in [0.2, 0.25) is 6.79 Å². The number of fused-ring (bicyclic) bond motifs is 1. The number of aromatic carboxylic acids is 1. The number of rotatable bonds is 5. The molecule has 0 saturated heterocycles. The van der Waals surface area contributed by atoms with Gasteiger partial charge in [-0.1, -0.05) is 6.07 Å². The van der Waals surface area contributed by atoms with Crippen molar-refractivity contribution in [3.05, 3.63) is 40.8 Å². The van der Waals surface area contributed by atoms with E-state index in [1.54, 1.807) is 18.2 Å². The first-order chi connectivity index (χ1) is 10.9. The lowest BCUT2D eigenvalue weighted by atomic mass is 10.2. The third-order valence-corrected chi connectivity index (χ3v) is 6.55. The van der Waals surface area contributed by atoms with Crippen molar-refractivity contribution in [2.24, 2.45) is 0 Å². The van der Waals surface area contributed by atoms with Crippen LogP contribution in [0.1, 0.15) is 15.9 Å². The van der Waals surface area contributed by atoms with Gasteiger partial charge in [-0.2, -0.15) is 4.31 Å². The molecule has 7 nitrogen and oxygen atoms in total. The van der Waals surface area contributed by atoms with Crippen LogP contribution in [-0.4, -0.2) is 37.6 Å². The van der Waals surface area contributed by atoms with Crippen molar-refractivity contribution in [2.45, 2.75) is 10.8 Å². The number of ether oxygens (including phenoxy) is 2. The number of carbonyl (C=O) groups is 1. The third-order valence-electron chi connectivity index (χ3n) is 3.33. The fraction of sp³-hybridized carbons (Fsp3) is 0.214. The van der Waals surface area contributed by atoms with Gasteiger partial charge in [0.1, 0.15) is 4.21 Å². The van der Waals surface area contributed by atoms with E-state index in [4.69, 9.17) is 14.6 Å². The number of benzene rings is 1. The fourth-order valence-electron chi connectivity index (χ4n) is 2.10. The van der Waals surface area contributed by atoms with Gasteiger partial charge in [-0.15, -0.1) is 11.3 Å². The highest BCUT2D eigenvalue weighted by Crippen LogP contribution is 2.33. The Morgan fingerprint density at radius 1 is 1.30 bits per heavy atom. The summed E-state index contributed by atoms with van der Waals surface area (Å²) in [5.74, 6) is 0.0577. The zero-order valence-corrected chi connectivity index (χ0v) is 13.7. The van der Waals surface area contributed by atoms with E-state index in [0.29, 0.717) is 11.5 Å². The van der Waals surface area contributed by atoms with E-state index >= 15 is 0 Å². The van der Waals surface area contributed by atoms with Gasteiger partial charge in [0.25, 0.3) is 10.0 Å². The molecule has 0 fully saturated rings. The summed E-state index contributed by atoms with van der Waals surface area (Å²) < 4.78 is 36.6. The average molecular weight is 355 g/mol. The van der Waals surface area contributed by atoms with Gasteiger partial charge in [-0.3, -0.25) is 0 Å². The summed E-state index contributed by atoms with van der Waals surface area (Å²) in [5, 5.41) is 10.2. The lowest BCUT2D eigenvalue weighted by molar-refractivity contribution is 0.0697. The van der Waals surface area contributed by atoms with Crippen molar-refractivity contribution in [2.75, 3.05) is 13.8 Å². The number of hydrogen-bond donors (Lipinski definition) is 1. The number of nitrogens with zero attached hydrogens (tertiary/aromatic N) is 1. The quantitative estimate of drug-likeness (QED) is 0.882. The molecule has 23 heavy (non-hydrogen) atoms. The molecule has 0 atom stereocenters. The minimum Gasteiger partial charge on any atom is -0.478 e. The molecule has 1 aliphatic rings. The van der Waals surface area contributed by atoms with E-state index in [9.17, 15) is 13.2 Å². The van der Waals surface area contributed by atoms with E-state index in [1.807, 2.05) is 0 Å². The Kier molecular flexibility index (Phi) is 4.00. The molecule has 0 amide bonds. The normalized spacial score (nSPS) is 13.5. The van der Waals surface area contributed by atoms with Crippen molar-refractivity contribution in [3.8, 4) is 11.5 Å². The van der Waals surface area contributed by atoms with E-state index in [2.05, 4.69) is 0 Å². The van der Waals surface area contributed by atoms with Gasteiger partial charge in [0.05, 0.1) is 5.56 Å². The summed E-state index contributed by atoms with van der Waals surface area (Å²) >= 11 is 0.889. The van der Waals surface area contributed by atoms with Crippen LogP contribution in [0.15, 0.2) is 33.9 Å². The van der Waals surface area contributed by atoms with Gasteiger partial charge in [0, 0.05) is 19.0 Å². The van der Waals surface area contributed by atoms with Crippen molar-refractivity contribution in [3.63, 3.8) is 0 Å².